The maximum Gasteiger partial charge on any atom is 0.224 e. The van der Waals surface area contributed by atoms with Gasteiger partial charge in [0.2, 0.25) is 5.95 Å². The fraction of sp³-hybridized carbons (Fsp3) is 0.778. The van der Waals surface area contributed by atoms with E-state index in [2.05, 4.69) is 46.2 Å². The van der Waals surface area contributed by atoms with Crippen molar-refractivity contribution in [1.82, 2.24) is 20.1 Å². The number of nitrogens with zero attached hydrogens (tertiary/aromatic N) is 3. The Morgan fingerprint density at radius 1 is 1.14 bits per heavy atom. The summed E-state index contributed by atoms with van der Waals surface area (Å²) in [6.45, 7) is 9.74. The molecular formula is C9H19N5. The number of rotatable bonds is 6. The summed E-state index contributed by atoms with van der Waals surface area (Å²) in [6, 6.07) is 0. The van der Waals surface area contributed by atoms with Crippen molar-refractivity contribution < 1.29 is 0 Å². The Hall–Kier alpha value is -1.10. The molecule has 0 fully saturated rings. The summed E-state index contributed by atoms with van der Waals surface area (Å²) in [6.07, 6.45) is 0. The van der Waals surface area contributed by atoms with Gasteiger partial charge in [0.15, 0.2) is 0 Å². The highest BCUT2D eigenvalue weighted by molar-refractivity contribution is 5.25. The zero-order valence-corrected chi connectivity index (χ0v) is 9.17. The summed E-state index contributed by atoms with van der Waals surface area (Å²) < 4.78 is 2.09. The van der Waals surface area contributed by atoms with Crippen LogP contribution in [0.25, 0.3) is 0 Å². The largest absolute Gasteiger partial charge is 0.355 e. The average molecular weight is 197 g/mol. The lowest BCUT2D eigenvalue weighted by Gasteiger charge is -2.07. The van der Waals surface area contributed by atoms with E-state index in [0.29, 0.717) is 0 Å². The molecule has 0 spiro atoms. The second-order valence-corrected chi connectivity index (χ2v) is 2.99. The molecule has 0 aliphatic heterocycles. The van der Waals surface area contributed by atoms with E-state index in [1.165, 1.54) is 0 Å². The van der Waals surface area contributed by atoms with Crippen molar-refractivity contribution in [3.63, 3.8) is 0 Å². The average Bonchev–Trinajstić information content (AvgIpc) is 2.58. The van der Waals surface area contributed by atoms with Gasteiger partial charge in [-0.1, -0.05) is 6.92 Å². The Morgan fingerprint density at radius 3 is 2.50 bits per heavy atom. The number of aromatic nitrogens is 3. The van der Waals surface area contributed by atoms with E-state index < -0.39 is 0 Å². The first-order valence-electron chi connectivity index (χ1n) is 5.20. The van der Waals surface area contributed by atoms with Crippen molar-refractivity contribution in [2.75, 3.05) is 18.4 Å². The number of anilines is 1. The maximum absolute atomic E-state index is 4.13. The van der Waals surface area contributed by atoms with E-state index >= 15 is 0 Å². The van der Waals surface area contributed by atoms with Crippen LogP contribution in [0.2, 0.25) is 0 Å². The molecule has 80 valence electrons. The molecule has 5 nitrogen and oxygen atoms in total. The highest BCUT2D eigenvalue weighted by Crippen LogP contribution is 2.06. The van der Waals surface area contributed by atoms with E-state index in [9.17, 15) is 0 Å². The van der Waals surface area contributed by atoms with E-state index in [4.69, 9.17) is 0 Å². The highest BCUT2D eigenvalue weighted by Gasteiger charge is 2.08. The molecule has 0 aromatic carbocycles. The van der Waals surface area contributed by atoms with Crippen molar-refractivity contribution in [3.8, 4) is 0 Å². The molecule has 14 heavy (non-hydrogen) atoms. The van der Waals surface area contributed by atoms with Crippen LogP contribution in [0.1, 0.15) is 26.6 Å². The fourth-order valence-electron chi connectivity index (χ4n) is 1.32. The van der Waals surface area contributed by atoms with Gasteiger partial charge < -0.3 is 10.6 Å². The number of hydrogen-bond donors (Lipinski definition) is 2. The van der Waals surface area contributed by atoms with Crippen molar-refractivity contribution in [2.24, 2.45) is 0 Å². The van der Waals surface area contributed by atoms with Crippen LogP contribution in [0.5, 0.6) is 0 Å². The van der Waals surface area contributed by atoms with Gasteiger partial charge in [-0.3, -0.25) is 4.57 Å². The molecule has 0 saturated heterocycles. The maximum atomic E-state index is 4.13. The monoisotopic (exact) mass is 197 g/mol. The first kappa shape index (κ1) is 11.0. The van der Waals surface area contributed by atoms with Gasteiger partial charge in [0.1, 0.15) is 5.82 Å². The van der Waals surface area contributed by atoms with Gasteiger partial charge in [-0.15, -0.1) is 10.2 Å². The minimum atomic E-state index is 0.780. The zero-order valence-electron chi connectivity index (χ0n) is 9.17. The van der Waals surface area contributed by atoms with Crippen LogP contribution in [0.4, 0.5) is 5.95 Å². The minimum Gasteiger partial charge on any atom is -0.355 e. The molecule has 2 N–H and O–H groups in total. The summed E-state index contributed by atoms with van der Waals surface area (Å²) in [5, 5.41) is 14.7. The van der Waals surface area contributed by atoms with E-state index in [-0.39, 0.29) is 0 Å². The molecule has 0 atom stereocenters. The number of nitrogens with one attached hydrogen (secondary N) is 2. The summed E-state index contributed by atoms with van der Waals surface area (Å²) in [4.78, 5) is 0. The molecule has 1 heterocycles. The second-order valence-electron chi connectivity index (χ2n) is 2.99. The van der Waals surface area contributed by atoms with Crippen molar-refractivity contribution in [2.45, 2.75) is 33.9 Å². The Kier molecular flexibility index (Phi) is 4.39. The van der Waals surface area contributed by atoms with E-state index in [1.54, 1.807) is 0 Å². The summed E-state index contributed by atoms with van der Waals surface area (Å²) in [7, 11) is 0. The predicted octanol–water partition coefficient (Wildman–Crippen LogP) is 0.839. The Labute approximate surface area is 84.9 Å². The smallest absolute Gasteiger partial charge is 0.224 e. The van der Waals surface area contributed by atoms with Crippen LogP contribution in [0.3, 0.4) is 0 Å². The van der Waals surface area contributed by atoms with Gasteiger partial charge in [0, 0.05) is 13.1 Å². The molecule has 0 aliphatic rings. The van der Waals surface area contributed by atoms with E-state index in [0.717, 1.165) is 38.0 Å². The Bertz CT molecular complexity index is 268. The van der Waals surface area contributed by atoms with Gasteiger partial charge in [-0.2, -0.15) is 0 Å². The highest BCUT2D eigenvalue weighted by atomic mass is 15.4. The molecule has 0 bridgehead atoms. The lowest BCUT2D eigenvalue weighted by Crippen LogP contribution is -2.17. The standard InChI is InChI=1S/C9H19N5/c1-4-10-7-8-12-13-9(11-5-2)14(8)6-3/h10H,4-7H2,1-3H3,(H,11,13). The minimum absolute atomic E-state index is 0.780. The number of hydrogen-bond acceptors (Lipinski definition) is 4. The third kappa shape index (κ3) is 2.45. The van der Waals surface area contributed by atoms with Crippen LogP contribution in [-0.2, 0) is 13.1 Å². The summed E-state index contributed by atoms with van der Waals surface area (Å²) in [5.74, 6) is 1.85. The lowest BCUT2D eigenvalue weighted by atomic mass is 10.5. The van der Waals surface area contributed by atoms with Crippen LogP contribution < -0.4 is 10.6 Å². The first-order chi connectivity index (χ1) is 6.83. The second kappa shape index (κ2) is 5.59. The van der Waals surface area contributed by atoms with Gasteiger partial charge in [0.05, 0.1) is 6.54 Å². The lowest BCUT2D eigenvalue weighted by molar-refractivity contribution is 0.630. The zero-order chi connectivity index (χ0) is 10.4. The molecular weight excluding hydrogens is 178 g/mol. The molecule has 0 unspecified atom stereocenters. The molecule has 1 aromatic rings. The third-order valence-electron chi connectivity index (χ3n) is 2.01. The first-order valence-corrected chi connectivity index (χ1v) is 5.20. The summed E-state index contributed by atoms with van der Waals surface area (Å²) in [5.41, 5.74) is 0. The van der Waals surface area contributed by atoms with Crippen LogP contribution in [0.15, 0.2) is 0 Å². The molecule has 0 saturated carbocycles. The van der Waals surface area contributed by atoms with Gasteiger partial charge >= 0.3 is 0 Å². The van der Waals surface area contributed by atoms with Gasteiger partial charge in [-0.25, -0.2) is 0 Å². The van der Waals surface area contributed by atoms with E-state index in [1.807, 2.05) is 0 Å². The van der Waals surface area contributed by atoms with Crippen molar-refractivity contribution >= 4 is 5.95 Å². The normalized spacial score (nSPS) is 10.5. The van der Waals surface area contributed by atoms with Crippen LogP contribution in [0, 0.1) is 0 Å². The molecule has 0 radical (unpaired) electrons. The predicted molar refractivity (Wildman–Crippen MR) is 57.2 cm³/mol. The molecule has 0 amide bonds. The van der Waals surface area contributed by atoms with Gasteiger partial charge in [-0.05, 0) is 20.4 Å². The molecule has 1 rings (SSSR count). The molecule has 1 aromatic heterocycles. The topological polar surface area (TPSA) is 54.8 Å². The quantitative estimate of drug-likeness (QED) is 0.709. The molecule has 5 heteroatoms. The SMILES string of the molecule is CCNCc1nnc(NCC)n1CC. The van der Waals surface area contributed by atoms with Crippen LogP contribution >= 0.6 is 0 Å². The van der Waals surface area contributed by atoms with Gasteiger partial charge in [0.25, 0.3) is 0 Å². The Morgan fingerprint density at radius 2 is 1.93 bits per heavy atom. The summed E-state index contributed by atoms with van der Waals surface area (Å²) >= 11 is 0. The third-order valence-corrected chi connectivity index (χ3v) is 2.01. The fourth-order valence-corrected chi connectivity index (χ4v) is 1.32. The molecule has 0 aliphatic carbocycles. The Balaban J connectivity index is 2.73. The van der Waals surface area contributed by atoms with Crippen LogP contribution in [-0.4, -0.2) is 27.9 Å². The van der Waals surface area contributed by atoms with Crippen molar-refractivity contribution in [1.29, 1.82) is 0 Å². The van der Waals surface area contributed by atoms with Crippen molar-refractivity contribution in [3.05, 3.63) is 5.82 Å².